The molecule has 1 aromatic rings. The average Bonchev–Trinajstić information content (AvgIpc) is 2.64. The Balaban J connectivity index is 0.00000338. The minimum Gasteiger partial charge on any atom is -0.396 e. The molecule has 0 saturated carbocycles. The molecule has 6 heteroatoms. The molecule has 0 aliphatic carbocycles. The van der Waals surface area contributed by atoms with Crippen molar-refractivity contribution in [2.24, 2.45) is 16.8 Å². The SMILES string of the molecule is CCNC(=NCc1ccc(N2CCC(CO)CC2)cc1)NCC(C)C.I. The summed E-state index contributed by atoms with van der Waals surface area (Å²) in [5.74, 6) is 1.96. The van der Waals surface area contributed by atoms with E-state index in [-0.39, 0.29) is 24.0 Å². The molecule has 1 aliphatic rings. The molecule has 3 N–H and O–H groups in total. The molecule has 26 heavy (non-hydrogen) atoms. The zero-order chi connectivity index (χ0) is 18.1. The normalized spacial score (nSPS) is 15.7. The van der Waals surface area contributed by atoms with Gasteiger partial charge in [0.05, 0.1) is 6.54 Å². The molecule has 5 nitrogen and oxygen atoms in total. The van der Waals surface area contributed by atoms with Gasteiger partial charge in [-0.05, 0) is 49.3 Å². The summed E-state index contributed by atoms with van der Waals surface area (Å²) in [4.78, 5) is 7.08. The molecular formula is C20H35IN4O. The van der Waals surface area contributed by atoms with E-state index in [4.69, 9.17) is 0 Å². The molecule has 0 bridgehead atoms. The number of nitrogens with one attached hydrogen (secondary N) is 2. The third kappa shape index (κ3) is 7.70. The third-order valence-electron chi connectivity index (χ3n) is 4.62. The highest BCUT2D eigenvalue weighted by molar-refractivity contribution is 14.0. The standard InChI is InChI=1S/C20H34N4O.HI/c1-4-21-20(22-13-16(2)3)23-14-17-5-7-19(8-6-17)24-11-9-18(15-25)10-12-24;/h5-8,16,18,25H,4,9-15H2,1-3H3,(H2,21,22,23);1H. The largest absolute Gasteiger partial charge is 0.396 e. The van der Waals surface area contributed by atoms with Gasteiger partial charge >= 0.3 is 0 Å². The molecule has 0 aromatic heterocycles. The summed E-state index contributed by atoms with van der Waals surface area (Å²) in [5.41, 5.74) is 2.49. The fraction of sp³-hybridized carbons (Fsp3) is 0.650. The van der Waals surface area contributed by atoms with Gasteiger partial charge < -0.3 is 20.6 Å². The highest BCUT2D eigenvalue weighted by Gasteiger charge is 2.18. The van der Waals surface area contributed by atoms with Crippen LogP contribution in [0.3, 0.4) is 0 Å². The maximum atomic E-state index is 9.25. The summed E-state index contributed by atoms with van der Waals surface area (Å²) in [6.45, 7) is 11.3. The molecule has 0 unspecified atom stereocenters. The maximum absolute atomic E-state index is 9.25. The van der Waals surface area contributed by atoms with E-state index in [0.717, 1.165) is 45.0 Å². The molecule has 0 radical (unpaired) electrons. The first-order valence-electron chi connectivity index (χ1n) is 9.59. The van der Waals surface area contributed by atoms with E-state index < -0.39 is 0 Å². The first-order valence-corrected chi connectivity index (χ1v) is 9.59. The number of nitrogens with zero attached hydrogens (tertiary/aromatic N) is 2. The molecule has 1 saturated heterocycles. The molecule has 1 heterocycles. The number of hydrogen-bond acceptors (Lipinski definition) is 3. The molecule has 1 fully saturated rings. The zero-order valence-electron chi connectivity index (χ0n) is 16.4. The van der Waals surface area contributed by atoms with Gasteiger partial charge in [0.1, 0.15) is 0 Å². The Bertz CT molecular complexity index is 525. The Morgan fingerprint density at radius 1 is 1.19 bits per heavy atom. The van der Waals surface area contributed by atoms with Crippen molar-refractivity contribution in [2.75, 3.05) is 37.7 Å². The van der Waals surface area contributed by atoms with Crippen molar-refractivity contribution in [3.63, 3.8) is 0 Å². The number of anilines is 1. The molecule has 1 aromatic carbocycles. The maximum Gasteiger partial charge on any atom is 0.191 e. The van der Waals surface area contributed by atoms with Crippen LogP contribution in [-0.4, -0.2) is 43.9 Å². The smallest absolute Gasteiger partial charge is 0.191 e. The van der Waals surface area contributed by atoms with E-state index in [0.29, 0.717) is 25.0 Å². The number of benzene rings is 1. The summed E-state index contributed by atoms with van der Waals surface area (Å²) < 4.78 is 0. The van der Waals surface area contributed by atoms with Gasteiger partial charge in [-0.2, -0.15) is 0 Å². The molecule has 0 amide bonds. The quantitative estimate of drug-likeness (QED) is 0.323. The number of aliphatic hydroxyl groups excluding tert-OH is 1. The number of hydrogen-bond donors (Lipinski definition) is 3. The molecule has 148 valence electrons. The summed E-state index contributed by atoms with van der Waals surface area (Å²) >= 11 is 0. The van der Waals surface area contributed by atoms with E-state index in [1.807, 2.05) is 0 Å². The third-order valence-corrected chi connectivity index (χ3v) is 4.62. The van der Waals surface area contributed by atoms with Gasteiger partial charge in [-0.1, -0.05) is 26.0 Å². The van der Waals surface area contributed by atoms with Gasteiger partial charge in [0, 0.05) is 38.5 Å². The molecule has 0 spiro atoms. The Labute approximate surface area is 175 Å². The topological polar surface area (TPSA) is 59.9 Å². The van der Waals surface area contributed by atoms with Gasteiger partial charge in [0.15, 0.2) is 5.96 Å². The van der Waals surface area contributed by atoms with Crippen molar-refractivity contribution >= 4 is 35.6 Å². The molecule has 1 aliphatic heterocycles. The van der Waals surface area contributed by atoms with Crippen LogP contribution in [0.2, 0.25) is 0 Å². The number of piperidine rings is 1. The zero-order valence-corrected chi connectivity index (χ0v) is 18.7. The van der Waals surface area contributed by atoms with E-state index in [2.05, 4.69) is 65.6 Å². The highest BCUT2D eigenvalue weighted by atomic mass is 127. The number of halogens is 1. The van der Waals surface area contributed by atoms with Gasteiger partial charge in [0.25, 0.3) is 0 Å². The second-order valence-corrected chi connectivity index (χ2v) is 7.25. The van der Waals surface area contributed by atoms with Crippen LogP contribution in [0, 0.1) is 11.8 Å². The van der Waals surface area contributed by atoms with Crippen LogP contribution in [0.5, 0.6) is 0 Å². The van der Waals surface area contributed by atoms with Crippen LogP contribution < -0.4 is 15.5 Å². The minimum absolute atomic E-state index is 0. The van der Waals surface area contributed by atoms with Crippen molar-refractivity contribution < 1.29 is 5.11 Å². The first kappa shape index (κ1) is 23.0. The summed E-state index contributed by atoms with van der Waals surface area (Å²) in [6, 6.07) is 8.73. The lowest BCUT2D eigenvalue weighted by Gasteiger charge is -2.32. The van der Waals surface area contributed by atoms with Crippen LogP contribution in [0.4, 0.5) is 5.69 Å². The van der Waals surface area contributed by atoms with E-state index in [1.165, 1.54) is 11.3 Å². The summed E-state index contributed by atoms with van der Waals surface area (Å²) in [5, 5.41) is 15.9. The lowest BCUT2D eigenvalue weighted by atomic mass is 9.97. The molecule has 0 atom stereocenters. The Hall–Kier alpha value is -1.02. The monoisotopic (exact) mass is 474 g/mol. The van der Waals surface area contributed by atoms with Crippen LogP contribution in [0.1, 0.15) is 39.2 Å². The fourth-order valence-electron chi connectivity index (χ4n) is 3.00. The van der Waals surface area contributed by atoms with Crippen molar-refractivity contribution in [1.82, 2.24) is 10.6 Å². The number of guanidine groups is 1. The van der Waals surface area contributed by atoms with E-state index in [1.54, 1.807) is 0 Å². The lowest BCUT2D eigenvalue weighted by Crippen LogP contribution is -2.39. The Morgan fingerprint density at radius 2 is 1.85 bits per heavy atom. The number of aliphatic hydroxyl groups is 1. The predicted molar refractivity (Wildman–Crippen MR) is 122 cm³/mol. The molecule has 2 rings (SSSR count). The minimum atomic E-state index is 0. The number of aliphatic imine (C=N–C) groups is 1. The average molecular weight is 474 g/mol. The van der Waals surface area contributed by atoms with Crippen molar-refractivity contribution in [3.05, 3.63) is 29.8 Å². The number of rotatable bonds is 7. The van der Waals surface area contributed by atoms with Gasteiger partial charge in [-0.3, -0.25) is 0 Å². The van der Waals surface area contributed by atoms with E-state index >= 15 is 0 Å². The second-order valence-electron chi connectivity index (χ2n) is 7.25. The van der Waals surface area contributed by atoms with Crippen LogP contribution in [0.15, 0.2) is 29.3 Å². The van der Waals surface area contributed by atoms with Crippen LogP contribution in [0.25, 0.3) is 0 Å². The first-order chi connectivity index (χ1) is 12.1. The van der Waals surface area contributed by atoms with Gasteiger partial charge in [-0.25, -0.2) is 4.99 Å². The Kier molecular flexibility index (Phi) is 11.0. The van der Waals surface area contributed by atoms with Crippen molar-refractivity contribution in [1.29, 1.82) is 0 Å². The lowest BCUT2D eigenvalue weighted by molar-refractivity contribution is 0.203. The van der Waals surface area contributed by atoms with E-state index in [9.17, 15) is 5.11 Å². The van der Waals surface area contributed by atoms with Gasteiger partial charge in [-0.15, -0.1) is 24.0 Å². The summed E-state index contributed by atoms with van der Waals surface area (Å²) in [7, 11) is 0. The Morgan fingerprint density at radius 3 is 2.38 bits per heavy atom. The van der Waals surface area contributed by atoms with Gasteiger partial charge in [0.2, 0.25) is 0 Å². The fourth-order valence-corrected chi connectivity index (χ4v) is 3.00. The highest BCUT2D eigenvalue weighted by Crippen LogP contribution is 2.23. The van der Waals surface area contributed by atoms with Crippen molar-refractivity contribution in [3.8, 4) is 0 Å². The molecular weight excluding hydrogens is 439 g/mol. The van der Waals surface area contributed by atoms with Crippen LogP contribution >= 0.6 is 24.0 Å². The second kappa shape index (κ2) is 12.4. The van der Waals surface area contributed by atoms with Crippen molar-refractivity contribution in [2.45, 2.75) is 40.2 Å². The summed E-state index contributed by atoms with van der Waals surface area (Å²) in [6.07, 6.45) is 2.16. The van der Waals surface area contributed by atoms with Crippen LogP contribution in [-0.2, 0) is 6.54 Å². The predicted octanol–water partition coefficient (Wildman–Crippen LogP) is 3.22.